The standard InChI is InChI=1S/C14H29BO2/c16-15(17)14-12-10-8-6-4-2-1-3-5-7-9-11-13-14/h14,16-17H,1-13H2. The van der Waals surface area contributed by atoms with E-state index in [1.807, 2.05) is 0 Å². The third kappa shape index (κ3) is 7.83. The van der Waals surface area contributed by atoms with E-state index in [0.29, 0.717) is 0 Å². The fourth-order valence-electron chi connectivity index (χ4n) is 2.85. The molecular weight excluding hydrogens is 211 g/mol. The molecule has 0 radical (unpaired) electrons. The normalized spacial score (nSPS) is 22.9. The molecule has 3 heteroatoms. The van der Waals surface area contributed by atoms with Gasteiger partial charge in [-0.15, -0.1) is 0 Å². The van der Waals surface area contributed by atoms with Gasteiger partial charge in [0.15, 0.2) is 0 Å². The lowest BCUT2D eigenvalue weighted by Gasteiger charge is -2.16. The molecule has 1 aliphatic carbocycles. The largest absolute Gasteiger partial charge is 0.454 e. The first-order chi connectivity index (χ1) is 8.30. The van der Waals surface area contributed by atoms with Crippen molar-refractivity contribution >= 4 is 7.12 Å². The molecule has 0 aromatic rings. The molecule has 1 fully saturated rings. The van der Waals surface area contributed by atoms with Crippen LogP contribution >= 0.6 is 0 Å². The molecule has 0 amide bonds. The maximum absolute atomic E-state index is 9.34. The summed E-state index contributed by atoms with van der Waals surface area (Å²) >= 11 is 0. The molecular formula is C14H29BO2. The van der Waals surface area contributed by atoms with Crippen LogP contribution < -0.4 is 0 Å². The van der Waals surface area contributed by atoms with Crippen molar-refractivity contribution in [2.24, 2.45) is 0 Å². The Balaban J connectivity index is 2.24. The van der Waals surface area contributed by atoms with Crippen LogP contribution in [0.15, 0.2) is 0 Å². The second-order valence-electron chi connectivity index (χ2n) is 5.64. The average molecular weight is 240 g/mol. The SMILES string of the molecule is OB(O)C1CCCCCCCCCCCCC1. The van der Waals surface area contributed by atoms with Crippen molar-refractivity contribution in [3.05, 3.63) is 0 Å². The van der Waals surface area contributed by atoms with Crippen molar-refractivity contribution in [1.82, 2.24) is 0 Å². The highest BCUT2D eigenvalue weighted by Crippen LogP contribution is 2.25. The van der Waals surface area contributed by atoms with Gasteiger partial charge in [0.25, 0.3) is 0 Å². The molecule has 2 nitrogen and oxygen atoms in total. The molecule has 100 valence electrons. The molecule has 0 saturated heterocycles. The molecule has 17 heavy (non-hydrogen) atoms. The summed E-state index contributed by atoms with van der Waals surface area (Å²) in [6.45, 7) is 0. The third-order valence-electron chi connectivity index (χ3n) is 4.07. The van der Waals surface area contributed by atoms with Crippen molar-refractivity contribution < 1.29 is 10.0 Å². The highest BCUT2D eigenvalue weighted by Gasteiger charge is 2.21. The van der Waals surface area contributed by atoms with E-state index < -0.39 is 7.12 Å². The highest BCUT2D eigenvalue weighted by atomic mass is 16.4. The summed E-state index contributed by atoms with van der Waals surface area (Å²) in [6, 6.07) is 0. The van der Waals surface area contributed by atoms with Gasteiger partial charge in [0.05, 0.1) is 0 Å². The first kappa shape index (κ1) is 15.0. The van der Waals surface area contributed by atoms with Crippen molar-refractivity contribution in [3.8, 4) is 0 Å². The van der Waals surface area contributed by atoms with Crippen LogP contribution in [-0.2, 0) is 0 Å². The van der Waals surface area contributed by atoms with Gasteiger partial charge in [-0.05, 0) is 5.82 Å². The molecule has 1 rings (SSSR count). The van der Waals surface area contributed by atoms with Crippen LogP contribution in [0.25, 0.3) is 0 Å². The van der Waals surface area contributed by atoms with Crippen LogP contribution in [0, 0.1) is 0 Å². The lowest BCUT2D eigenvalue weighted by Crippen LogP contribution is -2.20. The molecule has 0 spiro atoms. The molecule has 0 bridgehead atoms. The van der Waals surface area contributed by atoms with E-state index in [-0.39, 0.29) is 5.82 Å². The van der Waals surface area contributed by atoms with Gasteiger partial charge in [0.1, 0.15) is 0 Å². The molecule has 0 aromatic carbocycles. The fourth-order valence-corrected chi connectivity index (χ4v) is 2.85. The van der Waals surface area contributed by atoms with E-state index in [2.05, 4.69) is 0 Å². The Morgan fingerprint density at radius 1 is 0.529 bits per heavy atom. The van der Waals surface area contributed by atoms with Gasteiger partial charge in [-0.1, -0.05) is 83.5 Å². The van der Waals surface area contributed by atoms with Gasteiger partial charge in [-0.2, -0.15) is 0 Å². The maximum Gasteiger partial charge on any atom is 0.454 e. The summed E-state index contributed by atoms with van der Waals surface area (Å²) in [5.41, 5.74) is 0. The van der Waals surface area contributed by atoms with Gasteiger partial charge < -0.3 is 10.0 Å². The number of hydrogen-bond donors (Lipinski definition) is 2. The molecule has 0 unspecified atom stereocenters. The Morgan fingerprint density at radius 3 is 1.12 bits per heavy atom. The molecule has 1 saturated carbocycles. The maximum atomic E-state index is 9.34. The van der Waals surface area contributed by atoms with Crippen LogP contribution in [-0.4, -0.2) is 17.2 Å². The summed E-state index contributed by atoms with van der Waals surface area (Å²) in [7, 11) is -1.09. The molecule has 1 aliphatic rings. The summed E-state index contributed by atoms with van der Waals surface area (Å²) in [6.07, 6.45) is 16.5. The first-order valence-corrected chi connectivity index (χ1v) is 7.67. The van der Waals surface area contributed by atoms with Crippen LogP contribution in [0.1, 0.15) is 83.5 Å². The highest BCUT2D eigenvalue weighted by molar-refractivity contribution is 6.43. The first-order valence-electron chi connectivity index (χ1n) is 7.67. The average Bonchev–Trinajstić information content (AvgIpc) is 2.31. The predicted molar refractivity (Wildman–Crippen MR) is 74.0 cm³/mol. The summed E-state index contributed by atoms with van der Waals surface area (Å²) < 4.78 is 0. The zero-order chi connectivity index (χ0) is 12.3. The van der Waals surface area contributed by atoms with Crippen LogP contribution in [0.5, 0.6) is 0 Å². The van der Waals surface area contributed by atoms with Crippen LogP contribution in [0.4, 0.5) is 0 Å². The zero-order valence-corrected chi connectivity index (χ0v) is 11.2. The Morgan fingerprint density at radius 2 is 0.824 bits per heavy atom. The van der Waals surface area contributed by atoms with Crippen molar-refractivity contribution in [3.63, 3.8) is 0 Å². The number of hydrogen-bond acceptors (Lipinski definition) is 2. The van der Waals surface area contributed by atoms with E-state index in [9.17, 15) is 10.0 Å². The van der Waals surface area contributed by atoms with Gasteiger partial charge in [-0.3, -0.25) is 0 Å². The third-order valence-corrected chi connectivity index (χ3v) is 4.07. The monoisotopic (exact) mass is 240 g/mol. The van der Waals surface area contributed by atoms with Gasteiger partial charge in [0.2, 0.25) is 0 Å². The fraction of sp³-hybridized carbons (Fsp3) is 1.00. The molecule has 0 aromatic heterocycles. The van der Waals surface area contributed by atoms with Crippen molar-refractivity contribution in [2.75, 3.05) is 0 Å². The Labute approximate surface area is 107 Å². The molecule has 0 aliphatic heterocycles. The smallest absolute Gasteiger partial charge is 0.427 e. The van der Waals surface area contributed by atoms with E-state index in [4.69, 9.17) is 0 Å². The Hall–Kier alpha value is -0.0151. The van der Waals surface area contributed by atoms with Crippen LogP contribution in [0.3, 0.4) is 0 Å². The molecule has 0 heterocycles. The summed E-state index contributed by atoms with van der Waals surface area (Å²) in [5, 5.41) is 18.7. The van der Waals surface area contributed by atoms with E-state index in [1.165, 1.54) is 70.6 Å². The minimum absolute atomic E-state index is 0.123. The minimum Gasteiger partial charge on any atom is -0.427 e. The van der Waals surface area contributed by atoms with Crippen molar-refractivity contribution in [1.29, 1.82) is 0 Å². The van der Waals surface area contributed by atoms with Crippen molar-refractivity contribution in [2.45, 2.75) is 89.3 Å². The molecule has 2 N–H and O–H groups in total. The topological polar surface area (TPSA) is 40.5 Å². The Kier molecular flexibility index (Phi) is 8.81. The quantitative estimate of drug-likeness (QED) is 0.682. The zero-order valence-electron chi connectivity index (χ0n) is 11.2. The summed E-state index contributed by atoms with van der Waals surface area (Å²) in [4.78, 5) is 0. The minimum atomic E-state index is -1.09. The Bertz CT molecular complexity index is 160. The number of rotatable bonds is 1. The van der Waals surface area contributed by atoms with Gasteiger partial charge >= 0.3 is 7.12 Å². The van der Waals surface area contributed by atoms with Gasteiger partial charge in [-0.25, -0.2) is 0 Å². The van der Waals surface area contributed by atoms with E-state index >= 15 is 0 Å². The van der Waals surface area contributed by atoms with Gasteiger partial charge in [0, 0.05) is 0 Å². The second-order valence-corrected chi connectivity index (χ2v) is 5.64. The predicted octanol–water partition coefficient (Wildman–Crippen LogP) is 3.91. The lowest BCUT2D eigenvalue weighted by atomic mass is 9.67. The lowest BCUT2D eigenvalue weighted by molar-refractivity contribution is 0.363. The second kappa shape index (κ2) is 9.96. The van der Waals surface area contributed by atoms with E-state index in [0.717, 1.165) is 12.8 Å². The molecule has 0 atom stereocenters. The summed E-state index contributed by atoms with van der Waals surface area (Å²) in [5.74, 6) is 0.123. The van der Waals surface area contributed by atoms with E-state index in [1.54, 1.807) is 0 Å². The van der Waals surface area contributed by atoms with Crippen LogP contribution in [0.2, 0.25) is 5.82 Å².